The van der Waals surface area contributed by atoms with E-state index >= 15 is 0 Å². The molecule has 2 aromatic rings. The molecular weight excluding hydrogens is 526 g/mol. The van der Waals surface area contributed by atoms with Crippen LogP contribution in [0.25, 0.3) is 11.1 Å². The Labute approximate surface area is 241 Å². The van der Waals surface area contributed by atoms with Crippen LogP contribution in [0.4, 0.5) is 14.4 Å². The van der Waals surface area contributed by atoms with Gasteiger partial charge in [0.2, 0.25) is 5.91 Å². The second kappa shape index (κ2) is 13.9. The average molecular weight is 568 g/mol. The second-order valence-electron chi connectivity index (χ2n) is 11.1. The number of rotatable bonds is 11. The summed E-state index contributed by atoms with van der Waals surface area (Å²) in [5.41, 5.74) is 8.90. The number of nitrogens with one attached hydrogen (secondary N) is 2. The summed E-state index contributed by atoms with van der Waals surface area (Å²) in [7, 11) is 3.19. The number of benzene rings is 2. The van der Waals surface area contributed by atoms with E-state index in [1.165, 1.54) is 9.80 Å². The number of primary amides is 1. The second-order valence-corrected chi connectivity index (χ2v) is 11.1. The van der Waals surface area contributed by atoms with Gasteiger partial charge in [0.15, 0.2) is 0 Å². The van der Waals surface area contributed by atoms with Gasteiger partial charge in [-0.15, -0.1) is 0 Å². The highest BCUT2D eigenvalue weighted by molar-refractivity contribution is 5.85. The molecule has 0 aliphatic heterocycles. The maximum Gasteiger partial charge on any atom is 0.410 e. The van der Waals surface area contributed by atoms with Crippen LogP contribution in [0.5, 0.6) is 0 Å². The van der Waals surface area contributed by atoms with E-state index in [0.29, 0.717) is 6.42 Å². The largest absolute Gasteiger partial charge is 0.449 e. The molecule has 11 heteroatoms. The van der Waals surface area contributed by atoms with E-state index in [1.54, 1.807) is 34.9 Å². The fraction of sp³-hybridized carbons (Fsp3) is 0.467. The van der Waals surface area contributed by atoms with Gasteiger partial charge in [-0.25, -0.2) is 14.4 Å². The molecule has 0 unspecified atom stereocenters. The third-order valence-electron chi connectivity index (χ3n) is 6.75. The van der Waals surface area contributed by atoms with E-state index < -0.39 is 29.9 Å². The minimum Gasteiger partial charge on any atom is -0.449 e. The minimum atomic E-state index is -0.905. The monoisotopic (exact) mass is 567 g/mol. The molecule has 222 valence electrons. The van der Waals surface area contributed by atoms with Crippen LogP contribution < -0.4 is 16.4 Å². The van der Waals surface area contributed by atoms with E-state index in [0.717, 1.165) is 22.3 Å². The molecule has 1 aliphatic rings. The van der Waals surface area contributed by atoms with Gasteiger partial charge < -0.3 is 35.6 Å². The SMILES string of the molecule is CN(CCN(C)C(=O)[C@H](CCCNC(N)=O)NC(=O)OCC1c2ccccc2-c2ccccc21)C(=O)OC(C)(C)C. The van der Waals surface area contributed by atoms with Crippen molar-refractivity contribution in [3.05, 3.63) is 59.7 Å². The van der Waals surface area contributed by atoms with Gasteiger partial charge in [0.1, 0.15) is 18.2 Å². The van der Waals surface area contributed by atoms with Crippen molar-refractivity contribution in [2.75, 3.05) is 40.3 Å². The van der Waals surface area contributed by atoms with E-state index in [1.807, 2.05) is 36.4 Å². The molecule has 4 N–H and O–H groups in total. The molecule has 2 aromatic carbocycles. The molecule has 0 saturated carbocycles. The first-order valence-corrected chi connectivity index (χ1v) is 13.7. The number of amides is 5. The predicted octanol–water partition coefficient (Wildman–Crippen LogP) is 3.67. The Hall–Kier alpha value is -4.28. The highest BCUT2D eigenvalue weighted by Crippen LogP contribution is 2.44. The van der Waals surface area contributed by atoms with E-state index in [2.05, 4.69) is 22.8 Å². The number of carbonyl (C=O) groups is 4. The third-order valence-corrected chi connectivity index (χ3v) is 6.75. The van der Waals surface area contributed by atoms with E-state index in [-0.39, 0.29) is 44.5 Å². The lowest BCUT2D eigenvalue weighted by Gasteiger charge is -2.28. The maximum absolute atomic E-state index is 13.3. The number of fused-ring (bicyclic) bond motifs is 3. The molecular formula is C30H41N5O6. The first kappa shape index (κ1) is 31.3. The van der Waals surface area contributed by atoms with Crippen molar-refractivity contribution < 1.29 is 28.7 Å². The Morgan fingerprint density at radius 2 is 1.49 bits per heavy atom. The molecule has 0 bridgehead atoms. The fourth-order valence-corrected chi connectivity index (χ4v) is 4.66. The summed E-state index contributed by atoms with van der Waals surface area (Å²) in [6.45, 7) is 6.15. The molecule has 0 fully saturated rings. The lowest BCUT2D eigenvalue weighted by Crippen LogP contribution is -2.49. The number of nitrogens with zero attached hydrogens (tertiary/aromatic N) is 2. The molecule has 0 saturated heterocycles. The Balaban J connectivity index is 1.61. The van der Waals surface area contributed by atoms with Gasteiger partial charge >= 0.3 is 18.2 Å². The standard InChI is InChI=1S/C30H41N5O6/c1-30(2,3)41-29(39)35(5)18-17-34(4)26(36)25(15-10-16-32-27(31)37)33-28(38)40-19-24-22-13-8-6-11-20(22)21-12-7-9-14-23(21)24/h6-9,11-14,24-25H,10,15-19H2,1-5H3,(H,33,38)(H3,31,32,37)/t25-/m0/s1. The summed E-state index contributed by atoms with van der Waals surface area (Å²) >= 11 is 0. The van der Waals surface area contributed by atoms with Crippen LogP contribution in [0, 0.1) is 0 Å². The average Bonchev–Trinajstić information content (AvgIpc) is 3.24. The Bertz CT molecular complexity index is 1200. The highest BCUT2D eigenvalue weighted by Gasteiger charge is 2.30. The van der Waals surface area contributed by atoms with Gasteiger partial charge in [0, 0.05) is 39.6 Å². The summed E-state index contributed by atoms with van der Waals surface area (Å²) in [5, 5.41) is 5.18. The summed E-state index contributed by atoms with van der Waals surface area (Å²) in [5.74, 6) is -0.469. The number of hydrogen-bond acceptors (Lipinski definition) is 6. The lowest BCUT2D eigenvalue weighted by molar-refractivity contribution is -0.132. The maximum atomic E-state index is 13.3. The molecule has 11 nitrogen and oxygen atoms in total. The smallest absolute Gasteiger partial charge is 0.410 e. The topological polar surface area (TPSA) is 143 Å². The number of nitrogens with two attached hydrogens (primary N) is 1. The van der Waals surface area contributed by atoms with E-state index in [9.17, 15) is 19.2 Å². The Kier molecular flexibility index (Phi) is 10.6. The van der Waals surface area contributed by atoms with Gasteiger partial charge in [0.25, 0.3) is 0 Å². The van der Waals surface area contributed by atoms with Gasteiger partial charge in [-0.3, -0.25) is 4.79 Å². The molecule has 0 spiro atoms. The van der Waals surface area contributed by atoms with Crippen molar-refractivity contribution in [2.24, 2.45) is 5.73 Å². The molecule has 1 atom stereocenters. The summed E-state index contributed by atoms with van der Waals surface area (Å²) in [6, 6.07) is 14.5. The number of carbonyl (C=O) groups excluding carboxylic acids is 4. The van der Waals surface area contributed by atoms with Gasteiger partial charge in [-0.1, -0.05) is 48.5 Å². The molecule has 5 amide bonds. The molecule has 0 aromatic heterocycles. The summed E-state index contributed by atoms with van der Waals surface area (Å²) in [4.78, 5) is 52.4. The minimum absolute atomic E-state index is 0.112. The highest BCUT2D eigenvalue weighted by atomic mass is 16.6. The number of urea groups is 1. The fourth-order valence-electron chi connectivity index (χ4n) is 4.66. The Morgan fingerprint density at radius 1 is 0.927 bits per heavy atom. The molecule has 3 rings (SSSR count). The van der Waals surface area contributed by atoms with E-state index in [4.69, 9.17) is 15.2 Å². The van der Waals surface area contributed by atoms with Crippen molar-refractivity contribution in [1.82, 2.24) is 20.4 Å². The van der Waals surface area contributed by atoms with Crippen LogP contribution in [0.15, 0.2) is 48.5 Å². The molecule has 0 radical (unpaired) electrons. The van der Waals surface area contributed by atoms with Crippen molar-refractivity contribution in [3.8, 4) is 11.1 Å². The van der Waals surface area contributed by atoms with Crippen molar-refractivity contribution in [3.63, 3.8) is 0 Å². The van der Waals surface area contributed by atoms with Gasteiger partial charge in [-0.2, -0.15) is 0 Å². The summed E-state index contributed by atoms with van der Waals surface area (Å²) < 4.78 is 11.0. The quantitative estimate of drug-likeness (QED) is 0.354. The van der Waals surface area contributed by atoms with Gasteiger partial charge in [0.05, 0.1) is 0 Å². The zero-order valence-electron chi connectivity index (χ0n) is 24.4. The third kappa shape index (κ3) is 8.86. The number of ether oxygens (including phenoxy) is 2. The van der Waals surface area contributed by atoms with Crippen LogP contribution >= 0.6 is 0 Å². The Morgan fingerprint density at radius 3 is 2.05 bits per heavy atom. The first-order chi connectivity index (χ1) is 19.4. The number of alkyl carbamates (subject to hydrolysis) is 1. The zero-order chi connectivity index (χ0) is 30.2. The summed E-state index contributed by atoms with van der Waals surface area (Å²) in [6.07, 6.45) is -0.568. The molecule has 41 heavy (non-hydrogen) atoms. The van der Waals surface area contributed by atoms with Gasteiger partial charge in [-0.05, 0) is 55.9 Å². The lowest BCUT2D eigenvalue weighted by atomic mass is 9.98. The zero-order valence-corrected chi connectivity index (χ0v) is 24.4. The van der Waals surface area contributed by atoms with Crippen molar-refractivity contribution in [2.45, 2.75) is 51.2 Å². The number of hydrogen-bond donors (Lipinski definition) is 3. The van der Waals surface area contributed by atoms with Crippen LogP contribution in [0.1, 0.15) is 50.7 Å². The van der Waals surface area contributed by atoms with Crippen LogP contribution in [0.2, 0.25) is 0 Å². The van der Waals surface area contributed by atoms with Crippen molar-refractivity contribution >= 4 is 24.1 Å². The molecule has 1 aliphatic carbocycles. The van der Waals surface area contributed by atoms with Crippen LogP contribution in [-0.4, -0.2) is 85.9 Å². The van der Waals surface area contributed by atoms with Crippen molar-refractivity contribution in [1.29, 1.82) is 0 Å². The van der Waals surface area contributed by atoms with Crippen LogP contribution in [0.3, 0.4) is 0 Å². The first-order valence-electron chi connectivity index (χ1n) is 13.7. The number of likely N-dealkylation sites (N-methyl/N-ethyl adjacent to an activating group) is 2. The predicted molar refractivity (Wildman–Crippen MR) is 155 cm³/mol. The molecule has 0 heterocycles. The normalized spacial score (nSPS) is 12.9. The van der Waals surface area contributed by atoms with Crippen LogP contribution in [-0.2, 0) is 14.3 Å².